The Kier molecular flexibility index (Phi) is 4.49. The third kappa shape index (κ3) is 4.14. The molecule has 0 spiro atoms. The molecule has 0 aromatic carbocycles. The zero-order chi connectivity index (χ0) is 10.5. The summed E-state index contributed by atoms with van der Waals surface area (Å²) >= 11 is 0. The summed E-state index contributed by atoms with van der Waals surface area (Å²) in [4.78, 5) is 0. The Morgan fingerprint density at radius 1 is 1.00 bits per heavy atom. The Morgan fingerprint density at radius 2 is 1.73 bits per heavy atom. The molecule has 1 unspecified atom stereocenters. The molecule has 2 aliphatic rings. The van der Waals surface area contributed by atoms with Crippen molar-refractivity contribution >= 4 is 0 Å². The fourth-order valence-electron chi connectivity index (χ4n) is 3.05. The predicted octanol–water partition coefficient (Wildman–Crippen LogP) is 3.74. The lowest BCUT2D eigenvalue weighted by Gasteiger charge is -2.26. The van der Waals surface area contributed by atoms with E-state index in [4.69, 9.17) is 0 Å². The van der Waals surface area contributed by atoms with Gasteiger partial charge in [-0.15, -0.1) is 0 Å². The number of hydrogen-bond acceptors (Lipinski definition) is 1. The van der Waals surface area contributed by atoms with Gasteiger partial charge in [0.1, 0.15) is 0 Å². The molecule has 2 saturated carbocycles. The number of hydrogen-bond donors (Lipinski definition) is 1. The fourth-order valence-corrected chi connectivity index (χ4v) is 3.05. The van der Waals surface area contributed by atoms with E-state index in [9.17, 15) is 0 Å². The SMILES string of the molecule is CNC(CCC1CC1)CC1CCCCC1. The Bertz CT molecular complexity index is 168. The molecule has 2 fully saturated rings. The van der Waals surface area contributed by atoms with E-state index in [1.807, 2.05) is 0 Å². The van der Waals surface area contributed by atoms with Gasteiger partial charge in [0.15, 0.2) is 0 Å². The summed E-state index contributed by atoms with van der Waals surface area (Å²) < 4.78 is 0. The molecule has 0 heterocycles. The molecule has 0 aromatic heterocycles. The minimum atomic E-state index is 0.814. The fraction of sp³-hybridized carbons (Fsp3) is 1.00. The smallest absolute Gasteiger partial charge is 0.00668 e. The Balaban J connectivity index is 1.63. The van der Waals surface area contributed by atoms with Crippen molar-refractivity contribution in [2.45, 2.75) is 70.3 Å². The first kappa shape index (κ1) is 11.4. The van der Waals surface area contributed by atoms with Crippen molar-refractivity contribution in [1.29, 1.82) is 0 Å². The first-order chi connectivity index (χ1) is 7.38. The molecule has 2 aliphatic carbocycles. The summed E-state index contributed by atoms with van der Waals surface area (Å²) in [6, 6.07) is 0.814. The monoisotopic (exact) mass is 209 g/mol. The normalized spacial score (nSPS) is 25.4. The average Bonchev–Trinajstić information content (AvgIpc) is 3.09. The van der Waals surface area contributed by atoms with Gasteiger partial charge in [0, 0.05) is 6.04 Å². The van der Waals surface area contributed by atoms with Crippen molar-refractivity contribution in [3.63, 3.8) is 0 Å². The van der Waals surface area contributed by atoms with E-state index in [0.29, 0.717) is 0 Å². The zero-order valence-corrected chi connectivity index (χ0v) is 10.3. The molecule has 0 saturated heterocycles. The lowest BCUT2D eigenvalue weighted by Crippen LogP contribution is -2.28. The molecule has 1 atom stereocenters. The van der Waals surface area contributed by atoms with E-state index in [0.717, 1.165) is 17.9 Å². The molecule has 1 nitrogen and oxygen atoms in total. The van der Waals surface area contributed by atoms with Crippen LogP contribution in [0.4, 0.5) is 0 Å². The topological polar surface area (TPSA) is 12.0 Å². The average molecular weight is 209 g/mol. The second-order valence-corrected chi connectivity index (χ2v) is 5.75. The Labute approximate surface area is 95.0 Å². The Hall–Kier alpha value is -0.0400. The quantitative estimate of drug-likeness (QED) is 0.703. The van der Waals surface area contributed by atoms with Gasteiger partial charge in [0.05, 0.1) is 0 Å². The lowest BCUT2D eigenvalue weighted by molar-refractivity contribution is 0.293. The number of rotatable bonds is 6. The highest BCUT2D eigenvalue weighted by molar-refractivity contribution is 4.78. The Morgan fingerprint density at radius 3 is 2.33 bits per heavy atom. The van der Waals surface area contributed by atoms with Crippen LogP contribution in [0.2, 0.25) is 0 Å². The van der Waals surface area contributed by atoms with Crippen LogP contribution in [0, 0.1) is 11.8 Å². The molecule has 88 valence electrons. The maximum absolute atomic E-state index is 3.53. The molecular formula is C14H27N. The van der Waals surface area contributed by atoms with Gasteiger partial charge in [-0.25, -0.2) is 0 Å². The van der Waals surface area contributed by atoms with E-state index in [1.165, 1.54) is 64.2 Å². The molecule has 0 amide bonds. The molecule has 0 radical (unpaired) electrons. The minimum Gasteiger partial charge on any atom is -0.317 e. The molecular weight excluding hydrogens is 182 g/mol. The highest BCUT2D eigenvalue weighted by Gasteiger charge is 2.23. The molecule has 1 N–H and O–H groups in total. The zero-order valence-electron chi connectivity index (χ0n) is 10.3. The van der Waals surface area contributed by atoms with E-state index >= 15 is 0 Å². The second-order valence-electron chi connectivity index (χ2n) is 5.75. The van der Waals surface area contributed by atoms with Crippen LogP contribution in [0.3, 0.4) is 0 Å². The first-order valence-electron chi connectivity index (χ1n) is 7.05. The predicted molar refractivity (Wildman–Crippen MR) is 66.0 cm³/mol. The van der Waals surface area contributed by atoms with Crippen molar-refractivity contribution in [1.82, 2.24) is 5.32 Å². The van der Waals surface area contributed by atoms with Crippen molar-refractivity contribution in [3.8, 4) is 0 Å². The molecule has 0 aromatic rings. The first-order valence-corrected chi connectivity index (χ1v) is 7.05. The molecule has 15 heavy (non-hydrogen) atoms. The van der Waals surface area contributed by atoms with Gasteiger partial charge >= 0.3 is 0 Å². The summed E-state index contributed by atoms with van der Waals surface area (Å²) in [7, 11) is 2.15. The number of nitrogens with one attached hydrogen (secondary N) is 1. The standard InChI is InChI=1S/C14H27N/c1-15-14(10-9-12-7-8-12)11-13-5-3-2-4-6-13/h12-15H,2-11H2,1H3. The maximum atomic E-state index is 3.53. The van der Waals surface area contributed by atoms with Crippen LogP contribution < -0.4 is 5.32 Å². The largest absolute Gasteiger partial charge is 0.317 e. The van der Waals surface area contributed by atoms with Crippen LogP contribution in [0.15, 0.2) is 0 Å². The van der Waals surface area contributed by atoms with E-state index in [-0.39, 0.29) is 0 Å². The summed E-state index contributed by atoms with van der Waals surface area (Å²) in [5, 5.41) is 3.53. The summed E-state index contributed by atoms with van der Waals surface area (Å²) in [6.45, 7) is 0. The van der Waals surface area contributed by atoms with Crippen LogP contribution >= 0.6 is 0 Å². The maximum Gasteiger partial charge on any atom is 0.00668 e. The second kappa shape index (κ2) is 5.89. The van der Waals surface area contributed by atoms with Crippen LogP contribution in [0.5, 0.6) is 0 Å². The van der Waals surface area contributed by atoms with E-state index < -0.39 is 0 Å². The third-order valence-corrected chi connectivity index (χ3v) is 4.37. The molecule has 0 aliphatic heterocycles. The summed E-state index contributed by atoms with van der Waals surface area (Å²) in [5.41, 5.74) is 0. The van der Waals surface area contributed by atoms with Crippen LogP contribution in [0.1, 0.15) is 64.2 Å². The minimum absolute atomic E-state index is 0.814. The van der Waals surface area contributed by atoms with E-state index in [2.05, 4.69) is 12.4 Å². The van der Waals surface area contributed by atoms with Crippen molar-refractivity contribution < 1.29 is 0 Å². The van der Waals surface area contributed by atoms with Crippen molar-refractivity contribution in [3.05, 3.63) is 0 Å². The van der Waals surface area contributed by atoms with Gasteiger partial charge in [0.25, 0.3) is 0 Å². The van der Waals surface area contributed by atoms with Gasteiger partial charge in [-0.3, -0.25) is 0 Å². The lowest BCUT2D eigenvalue weighted by atomic mass is 9.84. The highest BCUT2D eigenvalue weighted by atomic mass is 14.9. The van der Waals surface area contributed by atoms with Gasteiger partial charge in [0.2, 0.25) is 0 Å². The molecule has 0 bridgehead atoms. The van der Waals surface area contributed by atoms with Crippen molar-refractivity contribution in [2.75, 3.05) is 7.05 Å². The van der Waals surface area contributed by atoms with Crippen LogP contribution in [0.25, 0.3) is 0 Å². The summed E-state index contributed by atoms with van der Waals surface area (Å²) in [6.07, 6.45) is 14.9. The molecule has 2 rings (SSSR count). The third-order valence-electron chi connectivity index (χ3n) is 4.37. The van der Waals surface area contributed by atoms with Gasteiger partial charge < -0.3 is 5.32 Å². The highest BCUT2D eigenvalue weighted by Crippen LogP contribution is 2.35. The van der Waals surface area contributed by atoms with Crippen LogP contribution in [-0.2, 0) is 0 Å². The van der Waals surface area contributed by atoms with E-state index in [1.54, 1.807) is 0 Å². The van der Waals surface area contributed by atoms with Gasteiger partial charge in [-0.2, -0.15) is 0 Å². The molecule has 1 heteroatoms. The van der Waals surface area contributed by atoms with Gasteiger partial charge in [-0.05, 0) is 38.1 Å². The van der Waals surface area contributed by atoms with Gasteiger partial charge in [-0.1, -0.05) is 44.9 Å². The van der Waals surface area contributed by atoms with Crippen molar-refractivity contribution in [2.24, 2.45) is 11.8 Å². The summed E-state index contributed by atoms with van der Waals surface area (Å²) in [5.74, 6) is 2.14. The van der Waals surface area contributed by atoms with Crippen LogP contribution in [-0.4, -0.2) is 13.1 Å².